The van der Waals surface area contributed by atoms with Gasteiger partial charge in [0.1, 0.15) is 17.5 Å². The number of hydrogen-bond acceptors (Lipinski definition) is 2. The molecule has 1 atom stereocenters. The number of anilines is 1. The van der Waals surface area contributed by atoms with E-state index in [9.17, 15) is 18.3 Å². The van der Waals surface area contributed by atoms with E-state index in [0.717, 1.165) is 6.07 Å². The van der Waals surface area contributed by atoms with Gasteiger partial charge in [0.25, 0.3) is 0 Å². The number of halogens is 4. The molecule has 0 aromatic heterocycles. The van der Waals surface area contributed by atoms with Crippen LogP contribution in [0.5, 0.6) is 0 Å². The van der Waals surface area contributed by atoms with Gasteiger partial charge in [0, 0.05) is 23.9 Å². The van der Waals surface area contributed by atoms with Crippen molar-refractivity contribution in [3.05, 3.63) is 63.9 Å². The van der Waals surface area contributed by atoms with Crippen LogP contribution in [0.15, 0.2) is 40.9 Å². The maximum atomic E-state index is 13.5. The summed E-state index contributed by atoms with van der Waals surface area (Å²) in [5.74, 6) is -1.91. The normalized spacial score (nSPS) is 12.2. The molecule has 0 heterocycles. The summed E-state index contributed by atoms with van der Waals surface area (Å²) in [6.07, 6.45) is -1.14. The topological polar surface area (TPSA) is 32.3 Å². The van der Waals surface area contributed by atoms with Crippen LogP contribution >= 0.6 is 15.9 Å². The maximum Gasteiger partial charge on any atom is 0.137 e. The Hall–Kier alpha value is -1.53. The second-order valence-electron chi connectivity index (χ2n) is 4.19. The third kappa shape index (κ3) is 3.52. The van der Waals surface area contributed by atoms with Gasteiger partial charge in [0.15, 0.2) is 0 Å². The first-order valence-corrected chi connectivity index (χ1v) is 6.58. The largest absolute Gasteiger partial charge is 0.386 e. The predicted octanol–water partition coefficient (Wildman–Crippen LogP) is 4.01. The van der Waals surface area contributed by atoms with E-state index in [1.54, 1.807) is 0 Å². The lowest BCUT2D eigenvalue weighted by Gasteiger charge is -2.14. The minimum absolute atomic E-state index is 0.0000716. The molecule has 0 spiro atoms. The molecule has 2 N–H and O–H groups in total. The van der Waals surface area contributed by atoms with Crippen molar-refractivity contribution in [2.24, 2.45) is 0 Å². The highest BCUT2D eigenvalue weighted by Gasteiger charge is 2.13. The van der Waals surface area contributed by atoms with Crippen molar-refractivity contribution in [2.45, 2.75) is 6.10 Å². The van der Waals surface area contributed by atoms with E-state index >= 15 is 0 Å². The summed E-state index contributed by atoms with van der Waals surface area (Å²) < 4.78 is 39.6. The van der Waals surface area contributed by atoms with Gasteiger partial charge in [0.05, 0.1) is 10.6 Å². The molecule has 0 bridgehead atoms. The number of rotatable bonds is 4. The molecule has 6 heteroatoms. The van der Waals surface area contributed by atoms with Crippen LogP contribution in [-0.4, -0.2) is 11.7 Å². The Bertz CT molecular complexity index is 621. The van der Waals surface area contributed by atoms with Gasteiger partial charge in [-0.3, -0.25) is 0 Å². The molecule has 1 unspecified atom stereocenters. The highest BCUT2D eigenvalue weighted by molar-refractivity contribution is 9.10. The number of benzene rings is 2. The first kappa shape index (κ1) is 14.9. The number of nitrogens with one attached hydrogen (secondary N) is 1. The lowest BCUT2D eigenvalue weighted by molar-refractivity contribution is 0.186. The average molecular weight is 346 g/mol. The molecule has 2 nitrogen and oxygen atoms in total. The van der Waals surface area contributed by atoms with Crippen molar-refractivity contribution in [3.8, 4) is 0 Å². The zero-order valence-electron chi connectivity index (χ0n) is 10.2. The van der Waals surface area contributed by atoms with Crippen molar-refractivity contribution >= 4 is 21.6 Å². The Kier molecular flexibility index (Phi) is 4.67. The van der Waals surface area contributed by atoms with Gasteiger partial charge in [-0.2, -0.15) is 0 Å². The molecule has 0 saturated carbocycles. The third-order valence-corrected chi connectivity index (χ3v) is 3.35. The van der Waals surface area contributed by atoms with E-state index in [-0.39, 0.29) is 16.6 Å². The van der Waals surface area contributed by atoms with Gasteiger partial charge >= 0.3 is 0 Å². The molecule has 0 aliphatic rings. The lowest BCUT2D eigenvalue weighted by Crippen LogP contribution is -2.13. The first-order valence-electron chi connectivity index (χ1n) is 5.79. The molecule has 2 rings (SSSR count). The van der Waals surface area contributed by atoms with Crippen LogP contribution in [0.1, 0.15) is 11.7 Å². The Morgan fingerprint density at radius 1 is 1.05 bits per heavy atom. The van der Waals surface area contributed by atoms with Crippen molar-refractivity contribution in [2.75, 3.05) is 11.9 Å². The van der Waals surface area contributed by atoms with Crippen LogP contribution in [0.4, 0.5) is 18.9 Å². The van der Waals surface area contributed by atoms with Gasteiger partial charge in [-0.25, -0.2) is 13.2 Å². The fraction of sp³-hybridized carbons (Fsp3) is 0.143. The minimum atomic E-state index is -1.14. The van der Waals surface area contributed by atoms with E-state index in [4.69, 9.17) is 0 Å². The van der Waals surface area contributed by atoms with E-state index in [1.165, 1.54) is 24.3 Å². The van der Waals surface area contributed by atoms with Crippen molar-refractivity contribution in [1.82, 2.24) is 0 Å². The monoisotopic (exact) mass is 345 g/mol. The van der Waals surface area contributed by atoms with Gasteiger partial charge in [-0.05, 0) is 40.2 Å². The van der Waals surface area contributed by atoms with Crippen molar-refractivity contribution in [1.29, 1.82) is 0 Å². The van der Waals surface area contributed by atoms with Gasteiger partial charge < -0.3 is 10.4 Å². The van der Waals surface area contributed by atoms with Crippen LogP contribution in [-0.2, 0) is 0 Å². The molecule has 0 saturated heterocycles. The smallest absolute Gasteiger partial charge is 0.137 e. The van der Waals surface area contributed by atoms with Gasteiger partial charge in [-0.15, -0.1) is 0 Å². The van der Waals surface area contributed by atoms with E-state index in [2.05, 4.69) is 21.2 Å². The highest BCUT2D eigenvalue weighted by atomic mass is 79.9. The summed E-state index contributed by atoms with van der Waals surface area (Å²) in [4.78, 5) is 0. The summed E-state index contributed by atoms with van der Waals surface area (Å²) in [7, 11) is 0. The summed E-state index contributed by atoms with van der Waals surface area (Å²) in [5, 5.41) is 12.7. The third-order valence-electron chi connectivity index (χ3n) is 2.74. The molecular formula is C14H11BrF3NO. The number of aliphatic hydroxyl groups excluding tert-OH is 1. The summed E-state index contributed by atoms with van der Waals surface area (Å²) in [6, 6.07) is 7.24. The second-order valence-corrected chi connectivity index (χ2v) is 5.05. The number of aliphatic hydroxyl groups is 1. The standard InChI is InChI=1S/C14H11BrF3NO/c15-11-6-9(2-4-12(11)17)19-7-14(20)10-3-1-8(16)5-13(10)18/h1-6,14,19-20H,7H2. The molecule has 0 amide bonds. The van der Waals surface area contributed by atoms with Crippen LogP contribution < -0.4 is 5.32 Å². The zero-order valence-corrected chi connectivity index (χ0v) is 11.8. The maximum absolute atomic E-state index is 13.5. The Labute approximate surface area is 122 Å². The van der Waals surface area contributed by atoms with Gasteiger partial charge in [-0.1, -0.05) is 6.07 Å². The summed E-state index contributed by atoms with van der Waals surface area (Å²) in [6.45, 7) is 0.0145. The molecule has 0 fully saturated rings. The average Bonchev–Trinajstić information content (AvgIpc) is 2.40. The fourth-order valence-electron chi connectivity index (χ4n) is 1.70. The molecule has 2 aromatic rings. The fourth-order valence-corrected chi connectivity index (χ4v) is 2.08. The van der Waals surface area contributed by atoms with E-state index < -0.39 is 23.6 Å². The molecule has 0 aliphatic heterocycles. The Morgan fingerprint density at radius 3 is 2.45 bits per heavy atom. The molecule has 0 radical (unpaired) electrons. The Balaban J connectivity index is 2.04. The van der Waals surface area contributed by atoms with Crippen LogP contribution in [0.25, 0.3) is 0 Å². The molecular weight excluding hydrogens is 335 g/mol. The second kappa shape index (κ2) is 6.28. The molecule has 2 aromatic carbocycles. The Morgan fingerprint density at radius 2 is 1.80 bits per heavy atom. The van der Waals surface area contributed by atoms with Crippen molar-refractivity contribution < 1.29 is 18.3 Å². The lowest BCUT2D eigenvalue weighted by atomic mass is 10.1. The minimum Gasteiger partial charge on any atom is -0.386 e. The van der Waals surface area contributed by atoms with Crippen LogP contribution in [0.2, 0.25) is 0 Å². The van der Waals surface area contributed by atoms with Crippen molar-refractivity contribution in [3.63, 3.8) is 0 Å². The van der Waals surface area contributed by atoms with E-state index in [1.807, 2.05) is 0 Å². The zero-order chi connectivity index (χ0) is 14.7. The highest BCUT2D eigenvalue weighted by Crippen LogP contribution is 2.22. The van der Waals surface area contributed by atoms with Gasteiger partial charge in [0.2, 0.25) is 0 Å². The quantitative estimate of drug-likeness (QED) is 0.877. The van der Waals surface area contributed by atoms with Crippen LogP contribution in [0, 0.1) is 17.5 Å². The predicted molar refractivity (Wildman–Crippen MR) is 73.9 cm³/mol. The molecule has 106 valence electrons. The van der Waals surface area contributed by atoms with Crippen LogP contribution in [0.3, 0.4) is 0 Å². The molecule has 0 aliphatic carbocycles. The SMILES string of the molecule is OC(CNc1ccc(F)c(Br)c1)c1ccc(F)cc1F. The van der Waals surface area contributed by atoms with E-state index in [0.29, 0.717) is 11.8 Å². The summed E-state index contributed by atoms with van der Waals surface area (Å²) in [5.41, 5.74) is 0.569. The first-order chi connectivity index (χ1) is 9.47. The number of hydrogen-bond donors (Lipinski definition) is 2. The summed E-state index contributed by atoms with van der Waals surface area (Å²) >= 11 is 3.04. The molecule has 20 heavy (non-hydrogen) atoms.